The summed E-state index contributed by atoms with van der Waals surface area (Å²) in [4.78, 5) is 21.9. The fraction of sp³-hybridized carbons (Fsp3) is 0.414. The molecule has 2 saturated carbocycles. The van der Waals surface area contributed by atoms with Gasteiger partial charge in [-0.1, -0.05) is 6.42 Å². The van der Waals surface area contributed by atoms with Gasteiger partial charge in [0.25, 0.3) is 5.91 Å². The van der Waals surface area contributed by atoms with Crippen LogP contribution >= 0.6 is 0 Å². The number of sulfone groups is 1. The monoisotopic (exact) mass is 550 g/mol. The van der Waals surface area contributed by atoms with E-state index in [-0.39, 0.29) is 22.9 Å². The van der Waals surface area contributed by atoms with Crippen LogP contribution in [0.15, 0.2) is 53.7 Å². The van der Waals surface area contributed by atoms with Crippen molar-refractivity contribution in [3.8, 4) is 22.6 Å². The molecule has 0 bridgehead atoms. The molecule has 0 atom stereocenters. The zero-order valence-electron chi connectivity index (χ0n) is 22.3. The van der Waals surface area contributed by atoms with Gasteiger partial charge in [0.05, 0.1) is 23.3 Å². The Morgan fingerprint density at radius 2 is 1.72 bits per heavy atom. The summed E-state index contributed by atoms with van der Waals surface area (Å²) in [6.07, 6.45) is 12.2. The van der Waals surface area contributed by atoms with Crippen LogP contribution in [-0.2, 0) is 9.84 Å². The average Bonchev–Trinajstić information content (AvgIpc) is 3.74. The summed E-state index contributed by atoms with van der Waals surface area (Å²) in [6.45, 7) is 2.20. The first-order valence-corrected chi connectivity index (χ1v) is 15.4. The molecule has 1 amide bonds. The number of amides is 1. The molecule has 10 heteroatoms. The summed E-state index contributed by atoms with van der Waals surface area (Å²) >= 11 is 0. The normalized spacial score (nSPS) is 15.9. The van der Waals surface area contributed by atoms with Crippen LogP contribution < -0.4 is 20.1 Å². The van der Waals surface area contributed by atoms with Crippen LogP contribution in [0, 0.1) is 0 Å². The van der Waals surface area contributed by atoms with Gasteiger partial charge < -0.3 is 20.1 Å². The highest BCUT2D eigenvalue weighted by molar-refractivity contribution is 7.90. The lowest BCUT2D eigenvalue weighted by molar-refractivity contribution is 0.0949. The third-order valence-electron chi connectivity index (χ3n) is 6.89. The Balaban J connectivity index is 1.39. The van der Waals surface area contributed by atoms with Crippen molar-refractivity contribution in [2.24, 2.45) is 0 Å². The molecule has 0 unspecified atom stereocenters. The Hall–Kier alpha value is -3.66. The second kappa shape index (κ2) is 11.6. The number of anilines is 2. The molecule has 2 N–H and O–H groups in total. The van der Waals surface area contributed by atoms with E-state index in [1.165, 1.54) is 18.6 Å². The highest BCUT2D eigenvalue weighted by Gasteiger charge is 2.25. The minimum atomic E-state index is -3.37. The van der Waals surface area contributed by atoms with Crippen molar-refractivity contribution in [2.75, 3.05) is 18.2 Å². The number of hydrogen-bond donors (Lipinski definition) is 2. The highest BCUT2D eigenvalue weighted by Crippen LogP contribution is 2.35. The average molecular weight is 551 g/mol. The minimum Gasteiger partial charge on any atom is -0.492 e. The molecule has 1 aromatic heterocycles. The molecule has 9 nitrogen and oxygen atoms in total. The molecule has 5 rings (SSSR count). The number of nitrogens with zero attached hydrogens (tertiary/aromatic N) is 2. The van der Waals surface area contributed by atoms with Gasteiger partial charge in [0.2, 0.25) is 5.95 Å². The van der Waals surface area contributed by atoms with Crippen molar-refractivity contribution < 1.29 is 22.7 Å². The maximum absolute atomic E-state index is 12.7. The Morgan fingerprint density at radius 1 is 0.974 bits per heavy atom. The molecule has 1 heterocycles. The summed E-state index contributed by atoms with van der Waals surface area (Å²) in [6, 6.07) is 10.5. The van der Waals surface area contributed by atoms with Crippen LogP contribution in [-0.4, -0.2) is 49.3 Å². The number of aromatic nitrogens is 2. The molecule has 2 aliphatic carbocycles. The van der Waals surface area contributed by atoms with E-state index in [0.717, 1.165) is 55.9 Å². The maximum Gasteiger partial charge on any atom is 0.251 e. The second-order valence-electron chi connectivity index (χ2n) is 10.1. The first-order chi connectivity index (χ1) is 18.8. The van der Waals surface area contributed by atoms with Gasteiger partial charge in [0.1, 0.15) is 11.5 Å². The Morgan fingerprint density at radius 3 is 2.38 bits per heavy atom. The predicted molar refractivity (Wildman–Crippen MR) is 149 cm³/mol. The second-order valence-corrected chi connectivity index (χ2v) is 12.1. The van der Waals surface area contributed by atoms with Gasteiger partial charge in [-0.25, -0.2) is 18.4 Å². The van der Waals surface area contributed by atoms with Crippen molar-refractivity contribution >= 4 is 27.4 Å². The highest BCUT2D eigenvalue weighted by atomic mass is 32.2. The zero-order chi connectivity index (χ0) is 27.4. The molecule has 2 aromatic carbocycles. The summed E-state index contributed by atoms with van der Waals surface area (Å²) in [7, 11) is -3.37. The maximum atomic E-state index is 12.7. The van der Waals surface area contributed by atoms with Gasteiger partial charge in [0.15, 0.2) is 9.84 Å². The number of carbonyl (C=O) groups is 1. The van der Waals surface area contributed by atoms with E-state index in [2.05, 4.69) is 20.6 Å². The lowest BCUT2D eigenvalue weighted by atomic mass is 9.97. The van der Waals surface area contributed by atoms with Crippen LogP contribution in [0.3, 0.4) is 0 Å². The molecule has 2 aliphatic rings. The topological polar surface area (TPSA) is 120 Å². The number of rotatable bonds is 10. The van der Waals surface area contributed by atoms with Gasteiger partial charge >= 0.3 is 0 Å². The number of hydrogen-bond acceptors (Lipinski definition) is 8. The first kappa shape index (κ1) is 26.9. The minimum absolute atomic E-state index is 0.0830. The largest absolute Gasteiger partial charge is 0.492 e. The molecular formula is C29H34N4O5S. The molecule has 0 radical (unpaired) electrons. The van der Waals surface area contributed by atoms with E-state index < -0.39 is 9.84 Å². The number of benzene rings is 2. The van der Waals surface area contributed by atoms with Crippen LogP contribution in [0.5, 0.6) is 11.5 Å². The third kappa shape index (κ3) is 6.86. The number of carbonyl (C=O) groups excluding carboxylic acids is 1. The Labute approximate surface area is 229 Å². The Bertz CT molecular complexity index is 1430. The van der Waals surface area contributed by atoms with E-state index in [4.69, 9.17) is 9.47 Å². The van der Waals surface area contributed by atoms with Crippen molar-refractivity contribution in [1.82, 2.24) is 15.3 Å². The van der Waals surface area contributed by atoms with Gasteiger partial charge in [-0.2, -0.15) is 0 Å². The van der Waals surface area contributed by atoms with Crippen molar-refractivity contribution in [2.45, 2.75) is 68.9 Å². The smallest absolute Gasteiger partial charge is 0.251 e. The summed E-state index contributed by atoms with van der Waals surface area (Å²) < 4.78 is 36.0. The molecule has 39 heavy (non-hydrogen) atoms. The van der Waals surface area contributed by atoms with Crippen molar-refractivity contribution in [1.29, 1.82) is 0 Å². The van der Waals surface area contributed by atoms with E-state index in [0.29, 0.717) is 35.3 Å². The molecular weight excluding hydrogens is 516 g/mol. The van der Waals surface area contributed by atoms with Gasteiger partial charge in [-0.15, -0.1) is 0 Å². The van der Waals surface area contributed by atoms with Crippen LogP contribution in [0.4, 0.5) is 11.6 Å². The first-order valence-electron chi connectivity index (χ1n) is 13.5. The van der Waals surface area contributed by atoms with Crippen LogP contribution in [0.25, 0.3) is 11.1 Å². The SMILES string of the molecule is CCOc1cc(S(C)(=O)=O)ccc1Nc1ncc(-c2ccc(C(=O)NC3CC3)cc2OC2CCCCC2)cn1. The quantitative estimate of drug-likeness (QED) is 0.349. The van der Waals surface area contributed by atoms with E-state index >= 15 is 0 Å². The van der Waals surface area contributed by atoms with Gasteiger partial charge in [-0.3, -0.25) is 4.79 Å². The van der Waals surface area contributed by atoms with E-state index in [1.54, 1.807) is 18.5 Å². The number of nitrogens with one attached hydrogen (secondary N) is 2. The molecule has 0 aliphatic heterocycles. The number of ether oxygens (including phenoxy) is 2. The molecule has 3 aromatic rings. The summed E-state index contributed by atoms with van der Waals surface area (Å²) in [5, 5.41) is 6.16. The van der Waals surface area contributed by atoms with E-state index in [9.17, 15) is 13.2 Å². The van der Waals surface area contributed by atoms with Gasteiger partial charge in [0, 0.05) is 47.4 Å². The van der Waals surface area contributed by atoms with Crippen LogP contribution in [0.2, 0.25) is 0 Å². The fourth-order valence-electron chi connectivity index (χ4n) is 4.62. The van der Waals surface area contributed by atoms with E-state index in [1.807, 2.05) is 25.1 Å². The molecule has 2 fully saturated rings. The fourth-order valence-corrected chi connectivity index (χ4v) is 5.26. The molecule has 206 valence electrons. The van der Waals surface area contributed by atoms with Crippen molar-refractivity contribution in [3.05, 3.63) is 54.4 Å². The standard InChI is InChI=1S/C29H34N4O5S/c1-3-37-27-16-23(39(2,35)36)12-14-25(27)33-29-30-17-20(18-31-29)24-13-9-19(28(34)32-21-10-11-21)15-26(24)38-22-7-5-4-6-8-22/h9,12-18,21-22H,3-8,10-11H2,1-2H3,(H,32,34)(H,30,31,33). The van der Waals surface area contributed by atoms with Crippen LogP contribution in [0.1, 0.15) is 62.2 Å². The molecule has 0 saturated heterocycles. The summed E-state index contributed by atoms with van der Waals surface area (Å²) in [5.41, 5.74) is 2.72. The zero-order valence-corrected chi connectivity index (χ0v) is 23.1. The lowest BCUT2D eigenvalue weighted by Crippen LogP contribution is -2.25. The predicted octanol–water partition coefficient (Wildman–Crippen LogP) is 5.29. The summed E-state index contributed by atoms with van der Waals surface area (Å²) in [5.74, 6) is 1.31. The Kier molecular flexibility index (Phi) is 8.02. The van der Waals surface area contributed by atoms with Crippen molar-refractivity contribution in [3.63, 3.8) is 0 Å². The van der Waals surface area contributed by atoms with Gasteiger partial charge in [-0.05, 0) is 75.8 Å². The molecule has 0 spiro atoms. The lowest BCUT2D eigenvalue weighted by Gasteiger charge is -2.24. The third-order valence-corrected chi connectivity index (χ3v) is 8.00.